The van der Waals surface area contributed by atoms with Crippen LogP contribution in [0.25, 0.3) is 0 Å². The highest BCUT2D eigenvalue weighted by molar-refractivity contribution is 5.56. The van der Waals surface area contributed by atoms with Crippen molar-refractivity contribution in [3.63, 3.8) is 0 Å². The van der Waals surface area contributed by atoms with Crippen LogP contribution in [0.5, 0.6) is 17.2 Å². The quantitative estimate of drug-likeness (QED) is 0.832. The van der Waals surface area contributed by atoms with Gasteiger partial charge in [-0.25, -0.2) is 0 Å². The van der Waals surface area contributed by atoms with Gasteiger partial charge < -0.3 is 24.6 Å². The van der Waals surface area contributed by atoms with Gasteiger partial charge >= 0.3 is 0 Å². The third-order valence-corrected chi connectivity index (χ3v) is 5.13. The molecule has 1 aliphatic heterocycles. The van der Waals surface area contributed by atoms with Gasteiger partial charge in [-0.2, -0.15) is 0 Å². The Labute approximate surface area is 154 Å². The molecule has 1 fully saturated rings. The van der Waals surface area contributed by atoms with Gasteiger partial charge in [0.25, 0.3) is 0 Å². The van der Waals surface area contributed by atoms with E-state index in [2.05, 4.69) is 5.32 Å². The number of rotatable bonds is 6. The number of ether oxygens (including phenoxy) is 3. The zero-order chi connectivity index (χ0) is 18.6. The lowest BCUT2D eigenvalue weighted by Crippen LogP contribution is -2.51. The van der Waals surface area contributed by atoms with Gasteiger partial charge in [-0.05, 0) is 42.6 Å². The van der Waals surface area contributed by atoms with Gasteiger partial charge in [-0.3, -0.25) is 0 Å². The summed E-state index contributed by atoms with van der Waals surface area (Å²) in [6.45, 7) is 0.893. The first-order valence-electron chi connectivity index (χ1n) is 8.97. The number of methoxy groups -OCH3 is 3. The van der Waals surface area contributed by atoms with Crippen LogP contribution in [-0.4, -0.2) is 39.0 Å². The van der Waals surface area contributed by atoms with E-state index in [0.717, 1.165) is 36.9 Å². The van der Waals surface area contributed by atoms with E-state index >= 15 is 0 Å². The molecule has 2 N–H and O–H groups in total. The molecule has 0 amide bonds. The molecule has 0 radical (unpaired) electrons. The minimum absolute atomic E-state index is 0.0959. The molecule has 2 atom stereocenters. The summed E-state index contributed by atoms with van der Waals surface area (Å²) in [6.07, 6.45) is 3.09. The van der Waals surface area contributed by atoms with Gasteiger partial charge in [0.1, 0.15) is 5.60 Å². The van der Waals surface area contributed by atoms with Crippen LogP contribution in [0.2, 0.25) is 0 Å². The summed E-state index contributed by atoms with van der Waals surface area (Å²) in [7, 11) is 4.75. The molecule has 140 valence electrons. The van der Waals surface area contributed by atoms with Crippen molar-refractivity contribution in [2.45, 2.75) is 30.9 Å². The van der Waals surface area contributed by atoms with E-state index < -0.39 is 5.60 Å². The lowest BCUT2D eigenvalue weighted by atomic mass is 9.77. The molecule has 0 aromatic heterocycles. The first-order valence-corrected chi connectivity index (χ1v) is 8.97. The van der Waals surface area contributed by atoms with Crippen molar-refractivity contribution >= 4 is 0 Å². The predicted octanol–water partition coefficient (Wildman–Crippen LogP) is 3.09. The number of hydrogen-bond acceptors (Lipinski definition) is 5. The normalized spacial score (nSPS) is 19.5. The molecule has 2 aromatic carbocycles. The number of aliphatic hydroxyl groups is 1. The average molecular weight is 357 g/mol. The van der Waals surface area contributed by atoms with E-state index in [1.165, 1.54) is 0 Å². The summed E-state index contributed by atoms with van der Waals surface area (Å²) in [5, 5.41) is 15.5. The molecule has 0 saturated carbocycles. The molecule has 0 aliphatic carbocycles. The summed E-state index contributed by atoms with van der Waals surface area (Å²) < 4.78 is 16.4. The highest BCUT2D eigenvalue weighted by atomic mass is 16.5. The van der Waals surface area contributed by atoms with Crippen molar-refractivity contribution in [2.24, 2.45) is 0 Å². The van der Waals surface area contributed by atoms with Crippen LogP contribution in [-0.2, 0) is 5.60 Å². The highest BCUT2D eigenvalue weighted by Crippen LogP contribution is 2.44. The third kappa shape index (κ3) is 3.24. The minimum Gasteiger partial charge on any atom is -0.493 e. The third-order valence-electron chi connectivity index (χ3n) is 5.13. The van der Waals surface area contributed by atoms with Crippen LogP contribution in [0.15, 0.2) is 42.5 Å². The van der Waals surface area contributed by atoms with E-state index in [1.807, 2.05) is 42.5 Å². The molecule has 0 bridgehead atoms. The van der Waals surface area contributed by atoms with Gasteiger partial charge in [-0.15, -0.1) is 0 Å². The number of hydrogen-bond donors (Lipinski definition) is 2. The SMILES string of the molecule is COc1cc(C(O)(c2ccccc2)C2CCCCN2)cc(OC)c1OC. The van der Waals surface area contributed by atoms with E-state index in [4.69, 9.17) is 14.2 Å². The van der Waals surface area contributed by atoms with Crippen molar-refractivity contribution in [2.75, 3.05) is 27.9 Å². The smallest absolute Gasteiger partial charge is 0.203 e. The molecule has 26 heavy (non-hydrogen) atoms. The molecular formula is C21H27NO4. The van der Waals surface area contributed by atoms with Gasteiger partial charge in [0.2, 0.25) is 5.75 Å². The summed E-state index contributed by atoms with van der Waals surface area (Å²) in [4.78, 5) is 0. The second-order valence-corrected chi connectivity index (χ2v) is 6.55. The molecule has 3 rings (SSSR count). The van der Waals surface area contributed by atoms with Crippen LogP contribution >= 0.6 is 0 Å². The minimum atomic E-state index is -1.20. The summed E-state index contributed by atoms with van der Waals surface area (Å²) in [6, 6.07) is 13.3. The van der Waals surface area contributed by atoms with Crippen LogP contribution in [0.3, 0.4) is 0 Å². The number of benzene rings is 2. The molecule has 5 nitrogen and oxygen atoms in total. The number of piperidine rings is 1. The molecular weight excluding hydrogens is 330 g/mol. The van der Waals surface area contributed by atoms with Gasteiger partial charge in [-0.1, -0.05) is 36.8 Å². The maximum Gasteiger partial charge on any atom is 0.203 e. The fourth-order valence-corrected chi connectivity index (χ4v) is 3.77. The van der Waals surface area contributed by atoms with E-state index in [1.54, 1.807) is 21.3 Å². The van der Waals surface area contributed by atoms with E-state index in [-0.39, 0.29) is 6.04 Å². The Balaban J connectivity index is 2.19. The molecule has 1 aliphatic rings. The fourth-order valence-electron chi connectivity index (χ4n) is 3.77. The molecule has 2 unspecified atom stereocenters. The molecule has 0 spiro atoms. The van der Waals surface area contributed by atoms with Crippen LogP contribution in [0.1, 0.15) is 30.4 Å². The monoisotopic (exact) mass is 357 g/mol. The second-order valence-electron chi connectivity index (χ2n) is 6.55. The maximum atomic E-state index is 12.0. The summed E-state index contributed by atoms with van der Waals surface area (Å²) in [5.41, 5.74) is 0.361. The molecule has 1 heterocycles. The second kappa shape index (κ2) is 7.98. The molecule has 5 heteroatoms. The lowest BCUT2D eigenvalue weighted by molar-refractivity contribution is 0.0264. The first-order chi connectivity index (χ1) is 12.6. The lowest BCUT2D eigenvalue weighted by Gasteiger charge is -2.40. The van der Waals surface area contributed by atoms with Crippen molar-refractivity contribution < 1.29 is 19.3 Å². The van der Waals surface area contributed by atoms with Crippen LogP contribution < -0.4 is 19.5 Å². The van der Waals surface area contributed by atoms with Gasteiger partial charge in [0.15, 0.2) is 11.5 Å². The van der Waals surface area contributed by atoms with Crippen LogP contribution in [0, 0.1) is 0 Å². The Hall–Kier alpha value is -2.24. The van der Waals surface area contributed by atoms with Crippen molar-refractivity contribution in [3.8, 4) is 17.2 Å². The first kappa shape index (κ1) is 18.5. The zero-order valence-corrected chi connectivity index (χ0v) is 15.6. The number of nitrogens with one attached hydrogen (secondary N) is 1. The Morgan fingerprint density at radius 3 is 2.08 bits per heavy atom. The molecule has 1 saturated heterocycles. The largest absolute Gasteiger partial charge is 0.493 e. The maximum absolute atomic E-state index is 12.0. The van der Waals surface area contributed by atoms with E-state index in [9.17, 15) is 5.11 Å². The topological polar surface area (TPSA) is 60.0 Å². The fraction of sp³-hybridized carbons (Fsp3) is 0.429. The van der Waals surface area contributed by atoms with Crippen LogP contribution in [0.4, 0.5) is 0 Å². The van der Waals surface area contributed by atoms with Gasteiger partial charge in [0, 0.05) is 6.04 Å². The summed E-state index contributed by atoms with van der Waals surface area (Å²) in [5.74, 6) is 1.59. The van der Waals surface area contributed by atoms with Gasteiger partial charge in [0.05, 0.1) is 21.3 Å². The summed E-state index contributed by atoms with van der Waals surface area (Å²) >= 11 is 0. The van der Waals surface area contributed by atoms with Crippen molar-refractivity contribution in [1.29, 1.82) is 0 Å². The Bertz CT molecular complexity index is 703. The zero-order valence-electron chi connectivity index (χ0n) is 15.6. The predicted molar refractivity (Wildman–Crippen MR) is 101 cm³/mol. The average Bonchev–Trinajstić information content (AvgIpc) is 2.73. The standard InChI is InChI=1S/C21H27NO4/c1-24-17-13-16(14-18(25-2)20(17)26-3)21(23,15-9-5-4-6-10-15)19-11-7-8-12-22-19/h4-6,9-10,13-14,19,22-23H,7-8,11-12H2,1-3H3. The molecule has 2 aromatic rings. The van der Waals surface area contributed by atoms with E-state index in [0.29, 0.717) is 17.2 Å². The highest BCUT2D eigenvalue weighted by Gasteiger charge is 2.41. The van der Waals surface area contributed by atoms with Crippen molar-refractivity contribution in [3.05, 3.63) is 53.6 Å². The Morgan fingerprint density at radius 1 is 0.923 bits per heavy atom. The van der Waals surface area contributed by atoms with Crippen molar-refractivity contribution in [1.82, 2.24) is 5.32 Å². The Morgan fingerprint density at radius 2 is 1.58 bits per heavy atom. The Kier molecular flexibility index (Phi) is 5.69.